The summed E-state index contributed by atoms with van der Waals surface area (Å²) in [6.45, 7) is 4.03. The van der Waals surface area contributed by atoms with Crippen molar-refractivity contribution < 1.29 is 4.79 Å². The van der Waals surface area contributed by atoms with Crippen molar-refractivity contribution in [3.8, 4) is 0 Å². The number of carbonyl (C=O) groups is 1. The lowest BCUT2D eigenvalue weighted by Crippen LogP contribution is -2.35. The van der Waals surface area contributed by atoms with Gasteiger partial charge in [0, 0.05) is 15.2 Å². The number of amides is 1. The molecule has 106 valence electrons. The van der Waals surface area contributed by atoms with Crippen molar-refractivity contribution in [1.82, 2.24) is 0 Å². The van der Waals surface area contributed by atoms with E-state index in [1.165, 1.54) is 0 Å². The highest BCUT2D eigenvalue weighted by atomic mass is 127. The van der Waals surface area contributed by atoms with Crippen molar-refractivity contribution in [3.05, 3.63) is 57.7 Å². The number of hydrogen-bond donors (Lipinski definition) is 0. The van der Waals surface area contributed by atoms with E-state index in [-0.39, 0.29) is 11.9 Å². The third kappa shape index (κ3) is 2.60. The molecule has 0 unspecified atom stereocenters. The number of benzene rings is 2. The Labute approximate surface area is 137 Å². The highest BCUT2D eigenvalue weighted by Crippen LogP contribution is 2.32. The Balaban J connectivity index is 2.11. The molecule has 1 aliphatic rings. The summed E-state index contributed by atoms with van der Waals surface area (Å²) in [6.07, 6.45) is 0. The van der Waals surface area contributed by atoms with Crippen LogP contribution in [0, 0.1) is 3.57 Å². The second-order valence-electron chi connectivity index (χ2n) is 5.22. The molecule has 0 bridgehead atoms. The van der Waals surface area contributed by atoms with E-state index in [4.69, 9.17) is 0 Å². The minimum Gasteiger partial charge on any atom is -0.304 e. The fraction of sp³-hybridized carbons (Fsp3) is 0.176. The van der Waals surface area contributed by atoms with E-state index in [9.17, 15) is 4.79 Å². The van der Waals surface area contributed by atoms with Crippen molar-refractivity contribution in [3.63, 3.8) is 0 Å². The summed E-state index contributed by atoms with van der Waals surface area (Å²) >= 11 is 2.25. The Bertz CT molecular complexity index is 720. The van der Waals surface area contributed by atoms with Crippen LogP contribution in [-0.4, -0.2) is 17.7 Å². The van der Waals surface area contributed by atoms with Gasteiger partial charge in [-0.05, 0) is 66.8 Å². The van der Waals surface area contributed by atoms with E-state index in [0.29, 0.717) is 5.71 Å². The largest absolute Gasteiger partial charge is 0.304 e. The molecule has 2 aromatic rings. The maximum atomic E-state index is 12.7. The zero-order valence-electron chi connectivity index (χ0n) is 11.9. The molecule has 0 N–H and O–H groups in total. The summed E-state index contributed by atoms with van der Waals surface area (Å²) in [4.78, 5) is 19.1. The van der Waals surface area contributed by atoms with Gasteiger partial charge < -0.3 is 4.90 Å². The van der Waals surface area contributed by atoms with Crippen molar-refractivity contribution in [1.29, 1.82) is 0 Å². The van der Waals surface area contributed by atoms with Crippen LogP contribution in [0.5, 0.6) is 0 Å². The highest BCUT2D eigenvalue weighted by Gasteiger charge is 2.35. The zero-order valence-corrected chi connectivity index (χ0v) is 14.0. The molecule has 3 rings (SSSR count). The summed E-state index contributed by atoms with van der Waals surface area (Å²) in [5.74, 6) is -0.0234. The highest BCUT2D eigenvalue weighted by molar-refractivity contribution is 14.1. The first kappa shape index (κ1) is 14.3. The van der Waals surface area contributed by atoms with Crippen LogP contribution in [0.3, 0.4) is 0 Å². The lowest BCUT2D eigenvalue weighted by molar-refractivity contribution is -0.112. The number of halogens is 1. The van der Waals surface area contributed by atoms with Crippen LogP contribution >= 0.6 is 22.6 Å². The molecule has 1 aliphatic heterocycles. The summed E-state index contributed by atoms with van der Waals surface area (Å²) in [5.41, 5.74) is 3.19. The van der Waals surface area contributed by atoms with Gasteiger partial charge in [0.1, 0.15) is 5.71 Å². The summed E-state index contributed by atoms with van der Waals surface area (Å²) in [6, 6.07) is 15.8. The number of para-hydroxylation sites is 1. The summed E-state index contributed by atoms with van der Waals surface area (Å²) < 4.78 is 1.15. The van der Waals surface area contributed by atoms with E-state index < -0.39 is 0 Å². The lowest BCUT2D eigenvalue weighted by Gasteiger charge is -2.20. The molecule has 0 aromatic heterocycles. The van der Waals surface area contributed by atoms with Gasteiger partial charge in [-0.2, -0.15) is 0 Å². The van der Waals surface area contributed by atoms with Gasteiger partial charge in [0.15, 0.2) is 0 Å². The first-order valence-electron chi connectivity index (χ1n) is 6.85. The molecular weight excluding hydrogens is 375 g/mol. The number of hydrogen-bond acceptors (Lipinski definition) is 2. The van der Waals surface area contributed by atoms with Gasteiger partial charge in [-0.25, -0.2) is 4.99 Å². The maximum absolute atomic E-state index is 12.7. The number of anilines is 1. The number of nitrogens with zero attached hydrogens (tertiary/aromatic N) is 2. The van der Waals surface area contributed by atoms with Crippen LogP contribution in [0.15, 0.2) is 53.5 Å². The molecule has 21 heavy (non-hydrogen) atoms. The molecule has 0 saturated carbocycles. The Morgan fingerprint density at radius 3 is 2.38 bits per heavy atom. The molecule has 3 nitrogen and oxygen atoms in total. The van der Waals surface area contributed by atoms with E-state index in [1.54, 1.807) is 4.90 Å². The molecule has 0 atom stereocenters. The van der Waals surface area contributed by atoms with E-state index >= 15 is 0 Å². The third-order valence-electron chi connectivity index (χ3n) is 3.42. The predicted molar refractivity (Wildman–Crippen MR) is 94.4 cm³/mol. The lowest BCUT2D eigenvalue weighted by atomic mass is 10.1. The standard InChI is InChI=1S/C17H15IN2O/c1-11(2)20-15-6-4-3-5-14(15)16(17(20)21)19-13-9-7-12(18)8-10-13/h3-11H,1-2H3. The van der Waals surface area contributed by atoms with Gasteiger partial charge in [0.2, 0.25) is 0 Å². The van der Waals surface area contributed by atoms with Crippen LogP contribution in [0.2, 0.25) is 0 Å². The topological polar surface area (TPSA) is 32.7 Å². The van der Waals surface area contributed by atoms with Gasteiger partial charge in [-0.1, -0.05) is 18.2 Å². The Hall–Kier alpha value is -1.69. The Morgan fingerprint density at radius 1 is 1.05 bits per heavy atom. The van der Waals surface area contributed by atoms with Crippen molar-refractivity contribution in [2.75, 3.05) is 4.90 Å². The maximum Gasteiger partial charge on any atom is 0.277 e. The summed E-state index contributed by atoms with van der Waals surface area (Å²) in [5, 5.41) is 0. The number of rotatable bonds is 2. The number of fused-ring (bicyclic) bond motifs is 1. The second kappa shape index (κ2) is 5.60. The summed E-state index contributed by atoms with van der Waals surface area (Å²) in [7, 11) is 0. The zero-order chi connectivity index (χ0) is 15.0. The monoisotopic (exact) mass is 390 g/mol. The molecule has 0 aliphatic carbocycles. The molecule has 0 spiro atoms. The molecule has 0 saturated heterocycles. The molecule has 4 heteroatoms. The van der Waals surface area contributed by atoms with Crippen LogP contribution in [0.1, 0.15) is 19.4 Å². The average Bonchev–Trinajstić information content (AvgIpc) is 2.74. The average molecular weight is 390 g/mol. The fourth-order valence-electron chi connectivity index (χ4n) is 2.49. The van der Waals surface area contributed by atoms with Gasteiger partial charge in [0.25, 0.3) is 5.91 Å². The number of aliphatic imine (C=N–C) groups is 1. The van der Waals surface area contributed by atoms with E-state index in [1.807, 2.05) is 62.4 Å². The SMILES string of the molecule is CC(C)N1C(=O)C(=Nc2ccc(I)cc2)c2ccccc21. The van der Waals surface area contributed by atoms with Gasteiger partial charge in [-0.3, -0.25) is 4.79 Å². The molecule has 1 heterocycles. The third-order valence-corrected chi connectivity index (χ3v) is 4.14. The van der Waals surface area contributed by atoms with Crippen molar-refractivity contribution in [2.24, 2.45) is 4.99 Å². The van der Waals surface area contributed by atoms with Crippen LogP contribution in [0.4, 0.5) is 11.4 Å². The number of carbonyl (C=O) groups excluding carboxylic acids is 1. The van der Waals surface area contributed by atoms with Crippen LogP contribution in [-0.2, 0) is 4.79 Å². The quantitative estimate of drug-likeness (QED) is 0.709. The van der Waals surface area contributed by atoms with E-state index in [2.05, 4.69) is 27.6 Å². The van der Waals surface area contributed by atoms with Gasteiger partial charge in [0.05, 0.1) is 11.4 Å². The predicted octanol–water partition coefficient (Wildman–Crippen LogP) is 4.17. The van der Waals surface area contributed by atoms with Crippen LogP contribution in [0.25, 0.3) is 0 Å². The molecule has 0 fully saturated rings. The molecule has 0 radical (unpaired) electrons. The first-order chi connectivity index (χ1) is 10.1. The first-order valence-corrected chi connectivity index (χ1v) is 7.93. The van der Waals surface area contributed by atoms with Crippen molar-refractivity contribution >= 4 is 45.6 Å². The van der Waals surface area contributed by atoms with Crippen LogP contribution < -0.4 is 4.90 Å². The van der Waals surface area contributed by atoms with Gasteiger partial charge in [-0.15, -0.1) is 0 Å². The van der Waals surface area contributed by atoms with Gasteiger partial charge >= 0.3 is 0 Å². The molecular formula is C17H15IN2O. The smallest absolute Gasteiger partial charge is 0.277 e. The van der Waals surface area contributed by atoms with Crippen molar-refractivity contribution in [2.45, 2.75) is 19.9 Å². The normalized spacial score (nSPS) is 15.9. The molecule has 2 aromatic carbocycles. The Morgan fingerprint density at radius 2 is 1.71 bits per heavy atom. The minimum atomic E-state index is -0.0234. The minimum absolute atomic E-state index is 0.0234. The Kier molecular flexibility index (Phi) is 3.80. The second-order valence-corrected chi connectivity index (χ2v) is 6.47. The van der Waals surface area contributed by atoms with E-state index in [0.717, 1.165) is 20.5 Å². The molecule has 1 amide bonds. The fourth-order valence-corrected chi connectivity index (χ4v) is 2.85.